The van der Waals surface area contributed by atoms with Crippen LogP contribution in [0.1, 0.15) is 17.3 Å². The predicted molar refractivity (Wildman–Crippen MR) is 106 cm³/mol. The second kappa shape index (κ2) is 7.40. The zero-order valence-corrected chi connectivity index (χ0v) is 15.8. The lowest BCUT2D eigenvalue weighted by Crippen LogP contribution is -2.58. The first-order chi connectivity index (χ1) is 13.9. The molecule has 0 bridgehead atoms. The van der Waals surface area contributed by atoms with Crippen LogP contribution in [0.2, 0.25) is 0 Å². The summed E-state index contributed by atoms with van der Waals surface area (Å²) < 4.78 is 29.0. The van der Waals surface area contributed by atoms with Crippen LogP contribution in [0.15, 0.2) is 29.2 Å². The van der Waals surface area contributed by atoms with E-state index in [0.29, 0.717) is 35.7 Å². The molecular weight excluding hydrogens is 382 g/mol. The van der Waals surface area contributed by atoms with Crippen LogP contribution in [-0.4, -0.2) is 53.0 Å². The molecule has 29 heavy (non-hydrogen) atoms. The number of hydrogen-bond donors (Lipinski definition) is 2. The average Bonchev–Trinajstić information content (AvgIpc) is 2.65. The summed E-state index contributed by atoms with van der Waals surface area (Å²) in [5.41, 5.74) is -0.148. The Labute approximate surface area is 164 Å². The van der Waals surface area contributed by atoms with Crippen LogP contribution >= 0.6 is 0 Å². The number of fused-ring (bicyclic) bond motifs is 2. The molecule has 1 fully saturated rings. The van der Waals surface area contributed by atoms with E-state index in [0.717, 1.165) is 12.7 Å². The Hall–Kier alpha value is -3.07. The fourth-order valence-corrected chi connectivity index (χ4v) is 3.73. The highest BCUT2D eigenvalue weighted by Gasteiger charge is 2.28. The molecule has 0 saturated carbocycles. The van der Waals surface area contributed by atoms with E-state index in [4.69, 9.17) is 0 Å². The number of nitrogens with one attached hydrogen (secondary N) is 1. The third-order valence-corrected chi connectivity index (χ3v) is 5.18. The SMILES string of the molecule is CCNC1CN(c2cc3nc4c(cc3cc2F)c(=O)c(C(=O)O)cn4CCF)C1. The first kappa shape index (κ1) is 19.3. The highest BCUT2D eigenvalue weighted by molar-refractivity contribution is 5.96. The molecular formula is C20H20F2N4O3. The van der Waals surface area contributed by atoms with Crippen molar-refractivity contribution in [2.24, 2.45) is 0 Å². The molecule has 1 saturated heterocycles. The predicted octanol–water partition coefficient (Wildman–Crippen LogP) is 2.15. The minimum Gasteiger partial charge on any atom is -0.477 e. The number of aryl methyl sites for hydroxylation is 1. The zero-order valence-electron chi connectivity index (χ0n) is 15.8. The van der Waals surface area contributed by atoms with Crippen molar-refractivity contribution in [3.63, 3.8) is 0 Å². The number of rotatable bonds is 6. The molecule has 9 heteroatoms. The Bertz CT molecular complexity index is 1170. The highest BCUT2D eigenvalue weighted by atomic mass is 19.1. The molecule has 0 radical (unpaired) electrons. The molecule has 0 aliphatic carbocycles. The van der Waals surface area contributed by atoms with E-state index in [9.17, 15) is 23.5 Å². The van der Waals surface area contributed by atoms with Gasteiger partial charge >= 0.3 is 5.97 Å². The van der Waals surface area contributed by atoms with Gasteiger partial charge in [-0.2, -0.15) is 0 Å². The summed E-state index contributed by atoms with van der Waals surface area (Å²) >= 11 is 0. The lowest BCUT2D eigenvalue weighted by atomic mass is 10.1. The Morgan fingerprint density at radius 2 is 2.10 bits per heavy atom. The molecule has 2 N–H and O–H groups in total. The fourth-order valence-electron chi connectivity index (χ4n) is 3.73. The number of nitrogens with zero attached hydrogens (tertiary/aromatic N) is 3. The van der Waals surface area contributed by atoms with E-state index < -0.39 is 29.5 Å². The lowest BCUT2D eigenvalue weighted by molar-refractivity contribution is 0.0694. The van der Waals surface area contributed by atoms with Crippen LogP contribution in [0.4, 0.5) is 14.5 Å². The smallest absolute Gasteiger partial charge is 0.341 e. The van der Waals surface area contributed by atoms with Crippen molar-refractivity contribution in [2.75, 3.05) is 31.2 Å². The van der Waals surface area contributed by atoms with Gasteiger partial charge in [-0.15, -0.1) is 0 Å². The molecule has 0 unspecified atom stereocenters. The Kier molecular flexibility index (Phi) is 4.91. The second-order valence-electron chi connectivity index (χ2n) is 7.07. The van der Waals surface area contributed by atoms with Crippen molar-refractivity contribution in [3.8, 4) is 0 Å². The van der Waals surface area contributed by atoms with Crippen LogP contribution in [0.25, 0.3) is 21.9 Å². The summed E-state index contributed by atoms with van der Waals surface area (Å²) in [4.78, 5) is 30.3. The van der Waals surface area contributed by atoms with E-state index in [1.54, 1.807) is 6.07 Å². The molecule has 1 aliphatic rings. The summed E-state index contributed by atoms with van der Waals surface area (Å²) in [6.07, 6.45) is 1.10. The number of aromatic nitrogens is 2. The van der Waals surface area contributed by atoms with Crippen molar-refractivity contribution in [2.45, 2.75) is 19.5 Å². The van der Waals surface area contributed by atoms with Gasteiger partial charge in [0.1, 0.15) is 23.7 Å². The summed E-state index contributed by atoms with van der Waals surface area (Å²) in [6, 6.07) is 4.64. The van der Waals surface area contributed by atoms with Gasteiger partial charge in [0.15, 0.2) is 0 Å². The van der Waals surface area contributed by atoms with Crippen LogP contribution < -0.4 is 15.6 Å². The van der Waals surface area contributed by atoms with E-state index >= 15 is 0 Å². The van der Waals surface area contributed by atoms with E-state index in [-0.39, 0.29) is 17.6 Å². The van der Waals surface area contributed by atoms with Crippen LogP contribution in [-0.2, 0) is 6.54 Å². The number of hydrogen-bond acceptors (Lipinski definition) is 5. The number of aromatic carboxylic acids is 1. The first-order valence-corrected chi connectivity index (χ1v) is 9.38. The summed E-state index contributed by atoms with van der Waals surface area (Å²) in [5.74, 6) is -1.84. The molecule has 0 amide bonds. The van der Waals surface area contributed by atoms with Crippen LogP contribution in [0, 0.1) is 5.82 Å². The normalized spacial score (nSPS) is 14.5. The van der Waals surface area contributed by atoms with Gasteiger partial charge in [-0.05, 0) is 24.7 Å². The number of halogens is 2. The van der Waals surface area contributed by atoms with Gasteiger partial charge in [-0.1, -0.05) is 6.92 Å². The number of likely N-dealkylation sites (N-methyl/N-ethyl adjacent to an activating group) is 1. The second-order valence-corrected chi connectivity index (χ2v) is 7.07. The van der Waals surface area contributed by atoms with Gasteiger partial charge in [0.05, 0.1) is 23.1 Å². The van der Waals surface area contributed by atoms with Crippen molar-refractivity contribution in [3.05, 3.63) is 46.0 Å². The Morgan fingerprint density at radius 1 is 1.34 bits per heavy atom. The van der Waals surface area contributed by atoms with Crippen molar-refractivity contribution in [1.29, 1.82) is 0 Å². The molecule has 152 valence electrons. The van der Waals surface area contributed by atoms with Crippen LogP contribution in [0.5, 0.6) is 0 Å². The van der Waals surface area contributed by atoms with E-state index in [1.807, 2.05) is 11.8 Å². The van der Waals surface area contributed by atoms with Crippen LogP contribution in [0.3, 0.4) is 0 Å². The lowest BCUT2D eigenvalue weighted by Gasteiger charge is -2.41. The fraction of sp³-hybridized carbons (Fsp3) is 0.350. The molecule has 0 atom stereocenters. The van der Waals surface area contributed by atoms with Crippen molar-refractivity contribution >= 4 is 33.6 Å². The summed E-state index contributed by atoms with van der Waals surface area (Å²) in [6.45, 7) is 3.33. The Morgan fingerprint density at radius 3 is 2.76 bits per heavy atom. The third-order valence-electron chi connectivity index (χ3n) is 5.18. The summed E-state index contributed by atoms with van der Waals surface area (Å²) in [7, 11) is 0. The molecule has 7 nitrogen and oxygen atoms in total. The highest BCUT2D eigenvalue weighted by Crippen LogP contribution is 2.29. The molecule has 4 rings (SSSR count). The van der Waals surface area contributed by atoms with Gasteiger partial charge in [0.25, 0.3) is 0 Å². The standard InChI is InChI=1S/C20H20F2N4O3/c1-2-23-12-8-26(9-12)17-7-16-11(6-15(17)22)5-13-18(27)14(20(28)29)10-25(4-3-21)19(13)24-16/h5-7,10,12,23H,2-4,8-9H2,1H3,(H,28,29). The molecule has 3 heterocycles. The summed E-state index contributed by atoms with van der Waals surface area (Å²) in [5, 5.41) is 13.0. The maximum Gasteiger partial charge on any atom is 0.341 e. The third kappa shape index (κ3) is 3.31. The van der Waals surface area contributed by atoms with Gasteiger partial charge < -0.3 is 19.9 Å². The quantitative estimate of drug-likeness (QED) is 0.615. The number of anilines is 1. The maximum absolute atomic E-state index is 14.7. The topological polar surface area (TPSA) is 87.5 Å². The van der Waals surface area contributed by atoms with Gasteiger partial charge in [-0.3, -0.25) is 4.79 Å². The number of pyridine rings is 2. The largest absolute Gasteiger partial charge is 0.477 e. The monoisotopic (exact) mass is 402 g/mol. The zero-order chi connectivity index (χ0) is 20.7. The van der Waals surface area contributed by atoms with E-state index in [2.05, 4.69) is 10.3 Å². The first-order valence-electron chi connectivity index (χ1n) is 9.38. The number of carboxylic acid groups (broad SMARTS) is 1. The minimum absolute atomic E-state index is 0.0224. The van der Waals surface area contributed by atoms with Gasteiger partial charge in [-0.25, -0.2) is 18.6 Å². The minimum atomic E-state index is -1.40. The van der Waals surface area contributed by atoms with E-state index in [1.165, 1.54) is 16.7 Å². The van der Waals surface area contributed by atoms with Crippen molar-refractivity contribution in [1.82, 2.24) is 14.9 Å². The number of carboxylic acids is 1. The number of alkyl halides is 1. The molecule has 0 spiro atoms. The van der Waals surface area contributed by atoms with Crippen molar-refractivity contribution < 1.29 is 18.7 Å². The number of benzene rings is 1. The number of carbonyl (C=O) groups is 1. The molecule has 3 aromatic rings. The molecule has 2 aromatic heterocycles. The van der Waals surface area contributed by atoms with Gasteiger partial charge in [0, 0.05) is 30.7 Å². The molecule has 1 aliphatic heterocycles. The maximum atomic E-state index is 14.7. The molecule has 1 aromatic carbocycles. The van der Waals surface area contributed by atoms with Gasteiger partial charge in [0.2, 0.25) is 5.43 Å². The average molecular weight is 402 g/mol. The Balaban J connectivity index is 1.86.